The molecule has 0 aliphatic carbocycles. The Labute approximate surface area is 140 Å². The summed E-state index contributed by atoms with van der Waals surface area (Å²) in [6.45, 7) is 3.05. The molecule has 2 aliphatic heterocycles. The van der Waals surface area contributed by atoms with Gasteiger partial charge in [0.1, 0.15) is 11.4 Å². The number of rotatable bonds is 4. The van der Waals surface area contributed by atoms with E-state index in [0.29, 0.717) is 6.61 Å². The summed E-state index contributed by atoms with van der Waals surface area (Å²) in [5.41, 5.74) is 1.78. The first kappa shape index (κ1) is 15.7. The predicted molar refractivity (Wildman–Crippen MR) is 87.1 cm³/mol. The third-order valence-corrected chi connectivity index (χ3v) is 5.22. The summed E-state index contributed by atoms with van der Waals surface area (Å²) >= 11 is 0. The summed E-state index contributed by atoms with van der Waals surface area (Å²) in [6.07, 6.45) is 4.42. The Morgan fingerprint density at radius 3 is 3.17 bits per heavy atom. The van der Waals surface area contributed by atoms with E-state index in [-0.39, 0.29) is 23.4 Å². The molecule has 0 bridgehead atoms. The molecule has 2 fully saturated rings. The van der Waals surface area contributed by atoms with Gasteiger partial charge in [0, 0.05) is 44.6 Å². The summed E-state index contributed by atoms with van der Waals surface area (Å²) in [4.78, 5) is 9.54. The van der Waals surface area contributed by atoms with Crippen molar-refractivity contribution >= 4 is 0 Å². The fourth-order valence-electron chi connectivity index (χ4n) is 4.08. The summed E-state index contributed by atoms with van der Waals surface area (Å²) < 4.78 is 25.5. The zero-order chi connectivity index (χ0) is 16.6. The van der Waals surface area contributed by atoms with Gasteiger partial charge in [-0.15, -0.1) is 0 Å². The van der Waals surface area contributed by atoms with Gasteiger partial charge in [0.25, 0.3) is 0 Å². The number of likely N-dealkylation sites (tertiary alicyclic amines) is 1. The van der Waals surface area contributed by atoms with Crippen LogP contribution in [0.25, 0.3) is 0 Å². The minimum Gasteiger partial charge on any atom is -0.377 e. The smallest absolute Gasteiger partial charge is 0.123 e. The molecule has 2 aliphatic rings. The molecule has 4 rings (SSSR count). The summed E-state index contributed by atoms with van der Waals surface area (Å²) in [5.74, 6) is 0.0227. The van der Waals surface area contributed by atoms with Gasteiger partial charge in [-0.3, -0.25) is 4.90 Å². The average Bonchev–Trinajstić information content (AvgIpc) is 3.29. The molecule has 5 nitrogen and oxygen atoms in total. The van der Waals surface area contributed by atoms with E-state index in [4.69, 9.17) is 9.47 Å². The number of halogens is 1. The fourth-order valence-corrected chi connectivity index (χ4v) is 4.08. The Hall–Kier alpha value is -1.76. The Balaban J connectivity index is 1.49. The van der Waals surface area contributed by atoms with Crippen molar-refractivity contribution in [2.45, 2.75) is 30.6 Å². The van der Waals surface area contributed by atoms with Gasteiger partial charge < -0.3 is 14.5 Å². The minimum absolute atomic E-state index is 0.0268. The molecule has 6 heteroatoms. The highest BCUT2D eigenvalue weighted by atomic mass is 19.1. The van der Waals surface area contributed by atoms with E-state index in [2.05, 4.69) is 14.9 Å². The normalized spacial score (nSPS) is 30.4. The number of hydrogen-bond donors (Lipinski definition) is 1. The van der Waals surface area contributed by atoms with Crippen molar-refractivity contribution in [1.29, 1.82) is 0 Å². The highest BCUT2D eigenvalue weighted by Crippen LogP contribution is 2.43. The maximum absolute atomic E-state index is 13.5. The van der Waals surface area contributed by atoms with Gasteiger partial charge in [-0.25, -0.2) is 9.37 Å². The molecule has 3 heterocycles. The number of aromatic nitrogens is 2. The van der Waals surface area contributed by atoms with Crippen LogP contribution in [0.2, 0.25) is 0 Å². The summed E-state index contributed by atoms with van der Waals surface area (Å²) in [5, 5.41) is 0. The second kappa shape index (κ2) is 6.27. The fraction of sp³-hybridized carbons (Fsp3) is 0.500. The van der Waals surface area contributed by atoms with Crippen LogP contribution in [-0.2, 0) is 16.0 Å². The Morgan fingerprint density at radius 2 is 2.42 bits per heavy atom. The molecule has 2 saturated heterocycles. The van der Waals surface area contributed by atoms with Gasteiger partial charge in [0.05, 0.1) is 19.0 Å². The van der Waals surface area contributed by atoms with E-state index in [9.17, 15) is 4.39 Å². The average molecular weight is 331 g/mol. The largest absolute Gasteiger partial charge is 0.377 e. The molecule has 3 atom stereocenters. The van der Waals surface area contributed by atoms with E-state index in [0.717, 1.165) is 37.3 Å². The molecule has 0 saturated carbocycles. The maximum atomic E-state index is 13.5. The first-order valence-corrected chi connectivity index (χ1v) is 8.30. The van der Waals surface area contributed by atoms with Crippen LogP contribution in [0, 0.1) is 5.82 Å². The lowest BCUT2D eigenvalue weighted by Crippen LogP contribution is -2.42. The number of benzene rings is 1. The van der Waals surface area contributed by atoms with Crippen LogP contribution in [0.1, 0.15) is 23.6 Å². The topological polar surface area (TPSA) is 50.4 Å². The van der Waals surface area contributed by atoms with E-state index >= 15 is 0 Å². The number of aromatic amines is 1. The third kappa shape index (κ3) is 2.85. The molecule has 0 unspecified atom stereocenters. The highest BCUT2D eigenvalue weighted by molar-refractivity contribution is 5.24. The second-order valence-corrected chi connectivity index (χ2v) is 6.80. The van der Waals surface area contributed by atoms with Crippen LogP contribution < -0.4 is 0 Å². The van der Waals surface area contributed by atoms with Crippen LogP contribution in [0.3, 0.4) is 0 Å². The maximum Gasteiger partial charge on any atom is 0.123 e. The van der Waals surface area contributed by atoms with Gasteiger partial charge in [-0.05, 0) is 24.1 Å². The van der Waals surface area contributed by atoms with Gasteiger partial charge >= 0.3 is 0 Å². The molecule has 1 aromatic carbocycles. The molecule has 1 aromatic heterocycles. The monoisotopic (exact) mass is 331 g/mol. The van der Waals surface area contributed by atoms with Crippen LogP contribution in [-0.4, -0.2) is 53.4 Å². The van der Waals surface area contributed by atoms with Crippen molar-refractivity contribution in [1.82, 2.24) is 14.9 Å². The van der Waals surface area contributed by atoms with Crippen LogP contribution in [0.5, 0.6) is 0 Å². The minimum atomic E-state index is -0.314. The Kier molecular flexibility index (Phi) is 4.12. The van der Waals surface area contributed by atoms with Crippen molar-refractivity contribution < 1.29 is 13.9 Å². The van der Waals surface area contributed by atoms with E-state index in [1.165, 1.54) is 6.07 Å². The molecule has 128 valence electrons. The lowest BCUT2D eigenvalue weighted by Gasteiger charge is -2.28. The summed E-state index contributed by atoms with van der Waals surface area (Å²) in [6, 6.07) is 6.85. The second-order valence-electron chi connectivity index (χ2n) is 6.80. The van der Waals surface area contributed by atoms with E-state index in [1.807, 2.05) is 12.3 Å². The van der Waals surface area contributed by atoms with Crippen molar-refractivity contribution in [3.8, 4) is 0 Å². The molecule has 24 heavy (non-hydrogen) atoms. The molecule has 2 aromatic rings. The molecule has 0 radical (unpaired) electrons. The molecular formula is C18H22FN3O2. The zero-order valence-corrected chi connectivity index (χ0v) is 13.7. The Bertz CT molecular complexity index is 693. The van der Waals surface area contributed by atoms with Crippen molar-refractivity contribution in [2.75, 3.05) is 26.8 Å². The first-order valence-electron chi connectivity index (χ1n) is 8.30. The van der Waals surface area contributed by atoms with E-state index in [1.54, 1.807) is 25.6 Å². The van der Waals surface area contributed by atoms with Crippen molar-refractivity contribution in [3.05, 3.63) is 53.9 Å². The SMILES string of the molecule is CO[C@@H]1CN(Cc2cnc[nH]2)C[C@]12C[C@@H](c1cccc(F)c1)CO2. The number of imidazole rings is 1. The number of methoxy groups -OCH3 is 1. The quantitative estimate of drug-likeness (QED) is 0.934. The number of nitrogens with zero attached hydrogens (tertiary/aromatic N) is 2. The molecule has 1 N–H and O–H groups in total. The van der Waals surface area contributed by atoms with Gasteiger partial charge in [-0.2, -0.15) is 0 Å². The molecule has 1 spiro atoms. The number of nitrogens with one attached hydrogen (secondary N) is 1. The van der Waals surface area contributed by atoms with Gasteiger partial charge in [-0.1, -0.05) is 12.1 Å². The third-order valence-electron chi connectivity index (χ3n) is 5.22. The van der Waals surface area contributed by atoms with Crippen LogP contribution in [0.15, 0.2) is 36.8 Å². The summed E-state index contributed by atoms with van der Waals surface area (Å²) in [7, 11) is 1.74. The zero-order valence-electron chi connectivity index (χ0n) is 13.7. The van der Waals surface area contributed by atoms with Crippen LogP contribution in [0.4, 0.5) is 4.39 Å². The molecular weight excluding hydrogens is 309 g/mol. The first-order chi connectivity index (χ1) is 11.7. The van der Waals surface area contributed by atoms with Gasteiger partial charge in [0.15, 0.2) is 0 Å². The van der Waals surface area contributed by atoms with Crippen LogP contribution >= 0.6 is 0 Å². The number of H-pyrrole nitrogens is 1. The van der Waals surface area contributed by atoms with Crippen molar-refractivity contribution in [2.24, 2.45) is 0 Å². The van der Waals surface area contributed by atoms with Crippen molar-refractivity contribution in [3.63, 3.8) is 0 Å². The predicted octanol–water partition coefficient (Wildman–Crippen LogP) is 2.32. The standard InChI is InChI=1S/C18H22FN3O2/c1-23-17-9-22(8-16-7-20-12-21-16)11-18(17)6-14(10-24-18)13-3-2-4-15(19)5-13/h2-5,7,12,14,17H,6,8-11H2,1H3,(H,20,21)/t14-,17-,18-/m1/s1. The Morgan fingerprint density at radius 1 is 1.50 bits per heavy atom. The number of hydrogen-bond acceptors (Lipinski definition) is 4. The lowest BCUT2D eigenvalue weighted by molar-refractivity contribution is -0.0757. The molecule has 0 amide bonds. The highest BCUT2D eigenvalue weighted by Gasteiger charge is 2.53. The number of ether oxygens (including phenoxy) is 2. The van der Waals surface area contributed by atoms with E-state index < -0.39 is 0 Å². The lowest BCUT2D eigenvalue weighted by atomic mass is 9.87. The van der Waals surface area contributed by atoms with Gasteiger partial charge in [0.2, 0.25) is 0 Å².